The van der Waals surface area contributed by atoms with E-state index in [1.807, 2.05) is 11.3 Å². The number of thiophene rings is 1. The Hall–Kier alpha value is -1.28. The smallest absolute Gasteiger partial charge is 0.119 e. The number of hydrogen-bond acceptors (Lipinski definition) is 2. The molecular weight excluding hydrogens is 324 g/mol. The van der Waals surface area contributed by atoms with Crippen molar-refractivity contribution in [3.05, 3.63) is 52.2 Å². The predicted molar refractivity (Wildman–Crippen MR) is 111 cm³/mol. The van der Waals surface area contributed by atoms with Crippen LogP contribution in [-0.4, -0.2) is 6.61 Å². The zero-order chi connectivity index (χ0) is 17.6. The van der Waals surface area contributed by atoms with E-state index in [-0.39, 0.29) is 0 Å². The minimum absolute atomic E-state index is 0.848. The van der Waals surface area contributed by atoms with Crippen LogP contribution in [0.4, 0.5) is 0 Å². The lowest BCUT2D eigenvalue weighted by Gasteiger charge is -2.07. The molecule has 0 spiro atoms. The van der Waals surface area contributed by atoms with Crippen LogP contribution in [0.3, 0.4) is 0 Å². The van der Waals surface area contributed by atoms with Crippen molar-refractivity contribution in [1.82, 2.24) is 0 Å². The number of rotatable bonds is 14. The molecule has 1 aromatic carbocycles. The Morgan fingerprint density at radius 3 is 2.00 bits per heavy atom. The van der Waals surface area contributed by atoms with Crippen molar-refractivity contribution >= 4 is 11.3 Å². The van der Waals surface area contributed by atoms with Gasteiger partial charge < -0.3 is 4.74 Å². The Bertz CT molecular complexity index is 530. The second-order valence-corrected chi connectivity index (χ2v) is 7.96. The summed E-state index contributed by atoms with van der Waals surface area (Å²) < 4.78 is 5.87. The first kappa shape index (κ1) is 20.0. The van der Waals surface area contributed by atoms with E-state index in [0.29, 0.717) is 0 Å². The fraction of sp³-hybridized carbons (Fsp3) is 0.565. The number of hydrogen-bond donors (Lipinski definition) is 0. The van der Waals surface area contributed by atoms with Gasteiger partial charge in [-0.3, -0.25) is 0 Å². The van der Waals surface area contributed by atoms with Crippen LogP contribution in [0.15, 0.2) is 41.8 Å². The number of ether oxygens (including phenoxy) is 1. The standard InChI is InChI=1S/C23H34OS/c1-2-3-4-5-6-7-8-9-10-11-18-24-22-16-14-21(15-17-22)20-23-13-12-19-25-23/h12-17,19H,2-11,18,20H2,1H3. The van der Waals surface area contributed by atoms with Gasteiger partial charge in [-0.15, -0.1) is 11.3 Å². The van der Waals surface area contributed by atoms with Crippen LogP contribution in [-0.2, 0) is 6.42 Å². The monoisotopic (exact) mass is 358 g/mol. The maximum atomic E-state index is 5.87. The van der Waals surface area contributed by atoms with Crippen LogP contribution < -0.4 is 4.74 Å². The predicted octanol–water partition coefficient (Wildman–Crippen LogP) is 7.64. The Morgan fingerprint density at radius 2 is 1.40 bits per heavy atom. The van der Waals surface area contributed by atoms with Crippen molar-refractivity contribution in [3.63, 3.8) is 0 Å². The van der Waals surface area contributed by atoms with Gasteiger partial charge in [0.25, 0.3) is 0 Å². The number of unbranched alkanes of at least 4 members (excludes halogenated alkanes) is 9. The molecule has 0 saturated carbocycles. The van der Waals surface area contributed by atoms with Crippen LogP contribution in [0.5, 0.6) is 5.75 Å². The highest BCUT2D eigenvalue weighted by molar-refractivity contribution is 7.09. The van der Waals surface area contributed by atoms with Crippen molar-refractivity contribution in [2.45, 2.75) is 77.6 Å². The lowest BCUT2D eigenvalue weighted by Crippen LogP contribution is -1.97. The summed E-state index contributed by atoms with van der Waals surface area (Å²) in [6, 6.07) is 12.9. The van der Waals surface area contributed by atoms with Gasteiger partial charge in [0.15, 0.2) is 0 Å². The molecule has 0 aliphatic heterocycles. The first-order chi connectivity index (χ1) is 12.4. The second kappa shape index (κ2) is 13.0. The van der Waals surface area contributed by atoms with E-state index in [0.717, 1.165) is 18.8 Å². The summed E-state index contributed by atoms with van der Waals surface area (Å²) in [5.41, 5.74) is 1.36. The largest absolute Gasteiger partial charge is 0.494 e. The first-order valence-corrected chi connectivity index (χ1v) is 11.0. The van der Waals surface area contributed by atoms with Gasteiger partial charge in [-0.05, 0) is 35.6 Å². The molecule has 0 unspecified atom stereocenters. The Morgan fingerprint density at radius 1 is 0.760 bits per heavy atom. The van der Waals surface area contributed by atoms with Gasteiger partial charge >= 0.3 is 0 Å². The average Bonchev–Trinajstić information content (AvgIpc) is 3.14. The van der Waals surface area contributed by atoms with E-state index in [4.69, 9.17) is 4.74 Å². The SMILES string of the molecule is CCCCCCCCCCCCOc1ccc(Cc2cccs2)cc1. The molecule has 0 bridgehead atoms. The molecule has 138 valence electrons. The summed E-state index contributed by atoms with van der Waals surface area (Å²) in [5, 5.41) is 2.14. The molecule has 0 saturated heterocycles. The topological polar surface area (TPSA) is 9.23 Å². The lowest BCUT2D eigenvalue weighted by molar-refractivity contribution is 0.304. The van der Waals surface area contributed by atoms with Crippen molar-refractivity contribution in [2.24, 2.45) is 0 Å². The zero-order valence-corrected chi connectivity index (χ0v) is 16.7. The van der Waals surface area contributed by atoms with Crippen LogP contribution >= 0.6 is 11.3 Å². The van der Waals surface area contributed by atoms with Gasteiger partial charge in [-0.2, -0.15) is 0 Å². The Kier molecular flexibility index (Phi) is 10.4. The highest BCUT2D eigenvalue weighted by Crippen LogP contribution is 2.18. The highest BCUT2D eigenvalue weighted by Gasteiger charge is 1.99. The molecule has 2 aromatic rings. The minimum atomic E-state index is 0.848. The summed E-state index contributed by atoms with van der Waals surface area (Å²) in [5.74, 6) is 1.01. The van der Waals surface area contributed by atoms with Crippen LogP contribution in [0.1, 0.15) is 81.6 Å². The molecule has 0 radical (unpaired) electrons. The third-order valence-electron chi connectivity index (χ3n) is 4.65. The Balaban J connectivity index is 1.46. The van der Waals surface area contributed by atoms with Gasteiger partial charge in [0.05, 0.1) is 6.61 Å². The van der Waals surface area contributed by atoms with Crippen LogP contribution in [0, 0.1) is 0 Å². The summed E-state index contributed by atoms with van der Waals surface area (Å²) in [6.07, 6.45) is 14.7. The van der Waals surface area contributed by atoms with Gasteiger partial charge in [-0.1, -0.05) is 82.9 Å². The molecule has 0 atom stereocenters. The van der Waals surface area contributed by atoms with E-state index in [1.165, 1.54) is 74.6 Å². The minimum Gasteiger partial charge on any atom is -0.494 e. The van der Waals surface area contributed by atoms with Crippen molar-refractivity contribution in [1.29, 1.82) is 0 Å². The lowest BCUT2D eigenvalue weighted by atomic mass is 10.1. The average molecular weight is 359 g/mol. The van der Waals surface area contributed by atoms with E-state index < -0.39 is 0 Å². The quantitative estimate of drug-likeness (QED) is 0.315. The third-order valence-corrected chi connectivity index (χ3v) is 5.52. The molecule has 0 fully saturated rings. The van der Waals surface area contributed by atoms with Crippen LogP contribution in [0.25, 0.3) is 0 Å². The third kappa shape index (κ3) is 9.11. The van der Waals surface area contributed by atoms with E-state index in [9.17, 15) is 0 Å². The Labute approximate surface area is 158 Å². The van der Waals surface area contributed by atoms with Gasteiger partial charge in [-0.25, -0.2) is 0 Å². The fourth-order valence-corrected chi connectivity index (χ4v) is 3.84. The molecule has 0 aliphatic rings. The summed E-state index contributed by atoms with van der Waals surface area (Å²) in [7, 11) is 0. The first-order valence-electron chi connectivity index (χ1n) is 10.1. The molecule has 2 heteroatoms. The molecule has 1 heterocycles. The fourth-order valence-electron chi connectivity index (χ4n) is 3.10. The molecule has 25 heavy (non-hydrogen) atoms. The highest BCUT2D eigenvalue weighted by atomic mass is 32.1. The molecule has 0 N–H and O–H groups in total. The van der Waals surface area contributed by atoms with E-state index in [2.05, 4.69) is 48.7 Å². The maximum Gasteiger partial charge on any atom is 0.119 e. The van der Waals surface area contributed by atoms with Crippen molar-refractivity contribution < 1.29 is 4.74 Å². The molecule has 1 aromatic heterocycles. The normalized spacial score (nSPS) is 10.9. The molecular formula is C23H34OS. The second-order valence-electron chi connectivity index (χ2n) is 6.93. The summed E-state index contributed by atoms with van der Waals surface area (Å²) in [4.78, 5) is 1.42. The molecule has 0 aliphatic carbocycles. The molecule has 0 amide bonds. The molecule has 2 rings (SSSR count). The number of benzene rings is 1. The van der Waals surface area contributed by atoms with Crippen LogP contribution in [0.2, 0.25) is 0 Å². The summed E-state index contributed by atoms with van der Waals surface area (Å²) >= 11 is 1.82. The van der Waals surface area contributed by atoms with Crippen molar-refractivity contribution in [3.8, 4) is 5.75 Å². The molecule has 1 nitrogen and oxygen atoms in total. The zero-order valence-electron chi connectivity index (χ0n) is 15.8. The van der Waals surface area contributed by atoms with E-state index >= 15 is 0 Å². The van der Waals surface area contributed by atoms with E-state index in [1.54, 1.807) is 0 Å². The summed E-state index contributed by atoms with van der Waals surface area (Å²) in [6.45, 7) is 3.13. The van der Waals surface area contributed by atoms with Gasteiger partial charge in [0, 0.05) is 11.3 Å². The van der Waals surface area contributed by atoms with Gasteiger partial charge in [0.2, 0.25) is 0 Å². The van der Waals surface area contributed by atoms with Crippen molar-refractivity contribution in [2.75, 3.05) is 6.61 Å². The maximum absolute atomic E-state index is 5.87. The van der Waals surface area contributed by atoms with Gasteiger partial charge in [0.1, 0.15) is 5.75 Å².